The molecular weight excluding hydrogens is 244 g/mol. The molecule has 94 valence electrons. The number of carbonyl (C=O) groups is 2. The summed E-state index contributed by atoms with van der Waals surface area (Å²) in [5, 5.41) is 16.4. The standard InChI is InChI=1S/C10H14N2O4S/c1-5-6(9(15)16-10(2,3)4)7(8(13)14)17(11)12-5/h11H,1-4H3,(H,13,14). The predicted octanol–water partition coefficient (Wildman–Crippen LogP) is 0.172. The van der Waals surface area contributed by atoms with Crippen LogP contribution < -0.4 is 10.2 Å². The van der Waals surface area contributed by atoms with Crippen LogP contribution in [-0.4, -0.2) is 21.9 Å². The van der Waals surface area contributed by atoms with Crippen LogP contribution in [0.3, 0.4) is 0 Å². The van der Waals surface area contributed by atoms with Crippen LogP contribution in [0.15, 0.2) is 0 Å². The van der Waals surface area contributed by atoms with Gasteiger partial charge < -0.3 is 14.6 Å². The van der Waals surface area contributed by atoms with Crippen molar-refractivity contribution in [2.45, 2.75) is 33.3 Å². The van der Waals surface area contributed by atoms with E-state index in [1.54, 1.807) is 20.8 Å². The van der Waals surface area contributed by atoms with Crippen molar-refractivity contribution in [1.29, 1.82) is 0 Å². The van der Waals surface area contributed by atoms with Crippen LogP contribution in [-0.2, 0) is 4.74 Å². The molecule has 0 amide bonds. The maximum atomic E-state index is 11.8. The van der Waals surface area contributed by atoms with Gasteiger partial charge in [-0.15, -0.1) is 5.14 Å². The minimum Gasteiger partial charge on any atom is -0.540 e. The monoisotopic (exact) mass is 258 g/mol. The van der Waals surface area contributed by atoms with Gasteiger partial charge in [-0.05, 0) is 32.1 Å². The molecule has 0 fully saturated rings. The maximum Gasteiger partial charge on any atom is 0.346 e. The quantitative estimate of drug-likeness (QED) is 0.599. The molecule has 7 heteroatoms. The van der Waals surface area contributed by atoms with Crippen LogP contribution in [0.2, 0.25) is 0 Å². The SMILES string of the molecule is Cc1n[s+](N)c(C(=O)[O-])c1C(=O)OC(C)(C)C. The third kappa shape index (κ3) is 3.01. The summed E-state index contributed by atoms with van der Waals surface area (Å²) in [5.41, 5.74) is -0.535. The lowest BCUT2D eigenvalue weighted by Crippen LogP contribution is -2.28. The van der Waals surface area contributed by atoms with Crippen molar-refractivity contribution < 1.29 is 19.4 Å². The summed E-state index contributed by atoms with van der Waals surface area (Å²) in [7, 11) is -1.35. The Morgan fingerprint density at radius 3 is 2.35 bits per heavy atom. The molecule has 1 aromatic rings. The fraction of sp³-hybridized carbons (Fsp3) is 0.500. The molecule has 0 saturated carbocycles. The summed E-state index contributed by atoms with van der Waals surface area (Å²) in [6.45, 7) is 6.58. The highest BCUT2D eigenvalue weighted by Crippen LogP contribution is 2.25. The van der Waals surface area contributed by atoms with Crippen LogP contribution >= 0.6 is 10.9 Å². The second-order valence-corrected chi connectivity index (χ2v) is 5.70. The molecule has 0 aromatic carbocycles. The Labute approximate surface area is 102 Å². The Kier molecular flexibility index (Phi) is 3.53. The molecule has 1 rings (SSSR count). The largest absolute Gasteiger partial charge is 0.540 e. The maximum absolute atomic E-state index is 11.8. The van der Waals surface area contributed by atoms with Crippen LogP contribution in [0, 0.1) is 6.92 Å². The number of hydrogen-bond acceptors (Lipinski definition) is 6. The predicted molar refractivity (Wildman–Crippen MR) is 61.1 cm³/mol. The van der Waals surface area contributed by atoms with Crippen molar-refractivity contribution in [1.82, 2.24) is 4.37 Å². The number of rotatable bonds is 2. The van der Waals surface area contributed by atoms with Crippen molar-refractivity contribution in [2.24, 2.45) is 0 Å². The summed E-state index contributed by atoms with van der Waals surface area (Å²) in [4.78, 5) is 22.4. The summed E-state index contributed by atoms with van der Waals surface area (Å²) >= 11 is 0. The van der Waals surface area contributed by atoms with Crippen LogP contribution in [0.1, 0.15) is 46.5 Å². The topological polar surface area (TPSA) is 105 Å². The summed E-state index contributed by atoms with van der Waals surface area (Å²) < 4.78 is 8.95. The number of aromatic nitrogens is 1. The fourth-order valence-electron chi connectivity index (χ4n) is 1.26. The summed E-state index contributed by atoms with van der Waals surface area (Å²) in [6, 6.07) is 0. The third-order valence-corrected chi connectivity index (χ3v) is 3.08. The molecule has 1 heterocycles. The van der Waals surface area contributed by atoms with Crippen LogP contribution in [0.4, 0.5) is 0 Å². The Morgan fingerprint density at radius 2 is 1.94 bits per heavy atom. The van der Waals surface area contributed by atoms with Gasteiger partial charge >= 0.3 is 5.97 Å². The van der Waals surface area contributed by atoms with Gasteiger partial charge in [-0.25, -0.2) is 4.79 Å². The van der Waals surface area contributed by atoms with E-state index in [1.807, 2.05) is 0 Å². The molecule has 0 spiro atoms. The van der Waals surface area contributed by atoms with Crippen molar-refractivity contribution in [2.75, 3.05) is 5.14 Å². The lowest BCUT2D eigenvalue weighted by Gasteiger charge is -2.19. The van der Waals surface area contributed by atoms with Crippen molar-refractivity contribution in [3.63, 3.8) is 0 Å². The highest BCUT2D eigenvalue weighted by atomic mass is 32.2. The average molecular weight is 258 g/mol. The minimum absolute atomic E-state index is 0.0919. The molecule has 17 heavy (non-hydrogen) atoms. The number of carboxylic acid groups (broad SMARTS) is 1. The molecule has 1 unspecified atom stereocenters. The smallest absolute Gasteiger partial charge is 0.346 e. The minimum atomic E-state index is -1.49. The van der Waals surface area contributed by atoms with Crippen molar-refractivity contribution in [3.8, 4) is 0 Å². The van der Waals surface area contributed by atoms with Gasteiger partial charge in [-0.3, -0.25) is 0 Å². The molecule has 1 atom stereocenters. The molecule has 6 nitrogen and oxygen atoms in total. The Hall–Kier alpha value is -1.47. The second-order valence-electron chi connectivity index (χ2n) is 4.48. The molecule has 0 bridgehead atoms. The lowest BCUT2D eigenvalue weighted by molar-refractivity contribution is -0.254. The van der Waals surface area contributed by atoms with E-state index in [0.29, 0.717) is 0 Å². The highest BCUT2D eigenvalue weighted by Gasteiger charge is 2.33. The Morgan fingerprint density at radius 1 is 1.41 bits per heavy atom. The first kappa shape index (κ1) is 13.6. The van der Waals surface area contributed by atoms with E-state index < -0.39 is 28.4 Å². The zero-order chi connectivity index (χ0) is 13.4. The first-order valence-electron chi connectivity index (χ1n) is 4.87. The van der Waals surface area contributed by atoms with Crippen LogP contribution in [0.5, 0.6) is 0 Å². The van der Waals surface area contributed by atoms with Gasteiger partial charge in [0.25, 0.3) is 4.88 Å². The second kappa shape index (κ2) is 4.42. The van der Waals surface area contributed by atoms with Gasteiger partial charge in [0.1, 0.15) is 17.3 Å². The average Bonchev–Trinajstić information content (AvgIpc) is 2.37. The van der Waals surface area contributed by atoms with Gasteiger partial charge in [0.2, 0.25) is 0 Å². The number of carbonyl (C=O) groups excluding carboxylic acids is 2. The first-order valence-corrected chi connectivity index (χ1v) is 6.11. The van der Waals surface area contributed by atoms with E-state index in [-0.39, 0.29) is 16.1 Å². The number of nitrogen functional groups attached to an aromatic ring is 1. The van der Waals surface area contributed by atoms with E-state index in [9.17, 15) is 14.7 Å². The van der Waals surface area contributed by atoms with E-state index in [0.717, 1.165) is 0 Å². The van der Waals surface area contributed by atoms with E-state index in [1.165, 1.54) is 6.92 Å². The molecule has 2 N–H and O–H groups in total. The molecule has 0 aliphatic heterocycles. The lowest BCUT2D eigenvalue weighted by atomic mass is 10.1. The molecule has 0 aliphatic rings. The Balaban J connectivity index is 3.22. The summed E-state index contributed by atoms with van der Waals surface area (Å²) in [5.74, 6) is -2.23. The van der Waals surface area contributed by atoms with Gasteiger partial charge in [0.05, 0.1) is 0 Å². The number of ether oxygens (including phenoxy) is 1. The zero-order valence-corrected chi connectivity index (χ0v) is 10.9. The number of hydrogen-bond donors (Lipinski definition) is 1. The van der Waals surface area contributed by atoms with Gasteiger partial charge in [0.15, 0.2) is 16.4 Å². The molecule has 0 radical (unpaired) electrons. The molecule has 0 aliphatic carbocycles. The van der Waals surface area contributed by atoms with Gasteiger partial charge in [0, 0.05) is 0 Å². The fourth-order valence-corrected chi connectivity index (χ4v) is 2.35. The van der Waals surface area contributed by atoms with Gasteiger partial charge in [-0.1, -0.05) is 0 Å². The van der Waals surface area contributed by atoms with E-state index in [2.05, 4.69) is 4.37 Å². The highest BCUT2D eigenvalue weighted by molar-refractivity contribution is 7.28. The number of carboxylic acids is 1. The third-order valence-electron chi connectivity index (χ3n) is 1.82. The van der Waals surface area contributed by atoms with Crippen molar-refractivity contribution >= 4 is 22.8 Å². The number of nitrogens with two attached hydrogens (primary N) is 1. The number of aromatic carboxylic acids is 1. The number of esters is 1. The number of aryl methyl sites for hydroxylation is 1. The van der Waals surface area contributed by atoms with Crippen molar-refractivity contribution in [3.05, 3.63) is 16.1 Å². The van der Waals surface area contributed by atoms with Gasteiger partial charge in [-0.2, -0.15) is 0 Å². The molecular formula is C10H14N2O4S. The normalized spacial score (nSPS) is 12.4. The molecule has 1 aromatic heterocycles. The zero-order valence-electron chi connectivity index (χ0n) is 10.1. The van der Waals surface area contributed by atoms with E-state index in [4.69, 9.17) is 9.88 Å². The van der Waals surface area contributed by atoms with Crippen LogP contribution in [0.25, 0.3) is 0 Å². The summed E-state index contributed by atoms with van der Waals surface area (Å²) in [6.07, 6.45) is 0. The van der Waals surface area contributed by atoms with E-state index >= 15 is 0 Å². The Bertz CT molecular complexity index is 473. The molecule has 0 saturated heterocycles. The number of nitrogens with zero attached hydrogens (tertiary/aromatic N) is 1. The first-order chi connectivity index (χ1) is 7.63.